The third kappa shape index (κ3) is 3.63. The molecule has 0 aliphatic heterocycles. The van der Waals surface area contributed by atoms with Crippen molar-refractivity contribution in [2.45, 2.75) is 110 Å². The molecule has 5 aliphatic rings. The third-order valence-electron chi connectivity index (χ3n) is 10.8. The number of hydrogen-bond acceptors (Lipinski definition) is 3. The monoisotopic (exact) mass is 486 g/mol. The van der Waals surface area contributed by atoms with Gasteiger partial charge in [-0.2, -0.15) is 0 Å². The van der Waals surface area contributed by atoms with Crippen LogP contribution in [0.5, 0.6) is 0 Å². The Balaban J connectivity index is 1.42. The average molecular weight is 487 g/mol. The van der Waals surface area contributed by atoms with Gasteiger partial charge in [0.25, 0.3) is 0 Å². The van der Waals surface area contributed by atoms with Crippen LogP contribution >= 0.6 is 0 Å². The van der Waals surface area contributed by atoms with E-state index < -0.39 is 0 Å². The van der Waals surface area contributed by atoms with Gasteiger partial charge in [-0.05, 0) is 99.3 Å². The number of benzene rings is 1. The van der Waals surface area contributed by atoms with Crippen molar-refractivity contribution in [1.82, 2.24) is 0 Å². The molecule has 3 fully saturated rings. The molecule has 0 bridgehead atoms. The summed E-state index contributed by atoms with van der Waals surface area (Å²) >= 11 is 0. The zero-order valence-corrected chi connectivity index (χ0v) is 22.6. The van der Waals surface area contributed by atoms with Crippen molar-refractivity contribution in [3.8, 4) is 0 Å². The van der Waals surface area contributed by atoms with E-state index in [4.69, 9.17) is 4.74 Å². The lowest BCUT2D eigenvalue weighted by atomic mass is 9.51. The van der Waals surface area contributed by atoms with Gasteiger partial charge in [0.15, 0.2) is 11.6 Å². The summed E-state index contributed by atoms with van der Waals surface area (Å²) in [6, 6.07) is 8.45. The zero-order chi connectivity index (χ0) is 25.2. The maximum absolute atomic E-state index is 12.3. The number of hydrogen-bond donors (Lipinski definition) is 0. The van der Waals surface area contributed by atoms with Crippen LogP contribution < -0.4 is 0 Å². The smallest absolute Gasteiger partial charge is 0.159 e. The van der Waals surface area contributed by atoms with Gasteiger partial charge in [-0.1, -0.05) is 56.5 Å². The number of allylic oxidation sites excluding steroid dienone is 4. The molecule has 0 spiro atoms. The number of ether oxygens (including phenoxy) is 1. The number of ketones is 2. The summed E-state index contributed by atoms with van der Waals surface area (Å²) in [4.78, 5) is 24.3. The molecule has 6 rings (SSSR count). The molecule has 3 saturated carbocycles. The Morgan fingerprint density at radius 1 is 1.14 bits per heavy atom. The van der Waals surface area contributed by atoms with E-state index in [9.17, 15) is 9.59 Å². The fourth-order valence-corrected chi connectivity index (χ4v) is 8.96. The number of carbonyl (C=O) groups excluding carboxylic acids is 2. The van der Waals surface area contributed by atoms with Crippen LogP contribution in [0.4, 0.5) is 0 Å². The predicted octanol–water partition coefficient (Wildman–Crippen LogP) is 7.75. The van der Waals surface area contributed by atoms with Crippen molar-refractivity contribution in [2.24, 2.45) is 23.2 Å². The largest absolute Gasteiger partial charge is 0.371 e. The Labute approximate surface area is 216 Å². The second kappa shape index (κ2) is 8.79. The van der Waals surface area contributed by atoms with Crippen molar-refractivity contribution in [2.75, 3.05) is 0 Å². The van der Waals surface area contributed by atoms with Crippen LogP contribution in [0.2, 0.25) is 0 Å². The standard InChI is InChI=1S/C33H42O3/c1-5-6-7-20(2)36-33-18-25(33)17-30-28-14-12-24-16-26(35)13-15-27(24)31(28)29(19-32(30,33)4)23-10-8-22(9-11-23)21(3)34/h8-11,16,20,25,28-30H,5-7,12-15,17-19H2,1-4H3/t20?,25-,28-,29+,30-,32-,33-/m0/s1. The minimum atomic E-state index is 0.0389. The molecule has 1 aromatic carbocycles. The zero-order valence-electron chi connectivity index (χ0n) is 22.6. The molecule has 0 amide bonds. The molecule has 5 aliphatic carbocycles. The minimum absolute atomic E-state index is 0.0389. The topological polar surface area (TPSA) is 43.4 Å². The average Bonchev–Trinajstić information content (AvgIpc) is 3.51. The summed E-state index contributed by atoms with van der Waals surface area (Å²) in [6.07, 6.45) is 13.3. The lowest BCUT2D eigenvalue weighted by Crippen LogP contribution is -2.49. The number of fused-ring (bicyclic) bond motifs is 6. The van der Waals surface area contributed by atoms with Gasteiger partial charge in [-0.3, -0.25) is 9.59 Å². The Hall–Kier alpha value is -2.00. The summed E-state index contributed by atoms with van der Waals surface area (Å²) < 4.78 is 7.07. The van der Waals surface area contributed by atoms with Crippen molar-refractivity contribution in [3.63, 3.8) is 0 Å². The Morgan fingerprint density at radius 3 is 2.64 bits per heavy atom. The lowest BCUT2D eigenvalue weighted by molar-refractivity contribution is -0.119. The molecule has 0 N–H and O–H groups in total. The first-order valence-corrected chi connectivity index (χ1v) is 14.5. The molecule has 192 valence electrons. The van der Waals surface area contributed by atoms with Gasteiger partial charge in [0.05, 0.1) is 11.7 Å². The maximum atomic E-state index is 12.3. The van der Waals surface area contributed by atoms with E-state index >= 15 is 0 Å². The van der Waals surface area contributed by atoms with Gasteiger partial charge in [0.2, 0.25) is 0 Å². The molecular formula is C33H42O3. The predicted molar refractivity (Wildman–Crippen MR) is 143 cm³/mol. The number of unbranched alkanes of at least 4 members (excludes halogenated alkanes) is 1. The SMILES string of the molecule is CCCCC(C)O[C@@]12C[C@@H]1C[C@H]1[C@@H]3CCC4=CC(=O)CCC4=C3[C@@H](c3ccc(C(C)=O)cc3)C[C@@]12C. The molecule has 0 radical (unpaired) electrons. The van der Waals surface area contributed by atoms with Crippen molar-refractivity contribution in [3.05, 3.63) is 58.2 Å². The molecule has 0 saturated heterocycles. The number of rotatable bonds is 7. The van der Waals surface area contributed by atoms with Crippen LogP contribution in [0, 0.1) is 23.2 Å². The molecule has 3 heteroatoms. The van der Waals surface area contributed by atoms with E-state index in [-0.39, 0.29) is 16.8 Å². The van der Waals surface area contributed by atoms with Gasteiger partial charge >= 0.3 is 0 Å². The van der Waals surface area contributed by atoms with Gasteiger partial charge in [-0.15, -0.1) is 0 Å². The Kier molecular flexibility index (Phi) is 5.94. The second-order valence-electron chi connectivity index (χ2n) is 12.8. The first-order chi connectivity index (χ1) is 17.3. The van der Waals surface area contributed by atoms with E-state index in [1.165, 1.54) is 42.4 Å². The normalized spacial score (nSPS) is 37.4. The Bertz CT molecular complexity index is 1140. The highest BCUT2D eigenvalue weighted by Crippen LogP contribution is 2.77. The summed E-state index contributed by atoms with van der Waals surface area (Å²) in [5, 5.41) is 0. The summed E-state index contributed by atoms with van der Waals surface area (Å²) in [6.45, 7) is 8.76. The molecular weight excluding hydrogens is 444 g/mol. The highest BCUT2D eigenvalue weighted by atomic mass is 16.5. The fraction of sp³-hybridized carbons (Fsp3) is 0.636. The molecule has 36 heavy (non-hydrogen) atoms. The van der Waals surface area contributed by atoms with Gasteiger partial charge < -0.3 is 4.74 Å². The quantitative estimate of drug-likeness (QED) is 0.370. The minimum Gasteiger partial charge on any atom is -0.371 e. The third-order valence-corrected chi connectivity index (χ3v) is 10.8. The van der Waals surface area contributed by atoms with Gasteiger partial charge in [-0.25, -0.2) is 0 Å². The highest BCUT2D eigenvalue weighted by Gasteiger charge is 2.76. The second-order valence-corrected chi connectivity index (χ2v) is 12.8. The van der Waals surface area contributed by atoms with Crippen LogP contribution in [0.15, 0.2) is 47.1 Å². The van der Waals surface area contributed by atoms with E-state index in [0.29, 0.717) is 42.0 Å². The molecule has 7 atom stereocenters. The van der Waals surface area contributed by atoms with Crippen LogP contribution in [0.3, 0.4) is 0 Å². The Morgan fingerprint density at radius 2 is 1.92 bits per heavy atom. The molecule has 3 nitrogen and oxygen atoms in total. The lowest BCUT2D eigenvalue weighted by Gasteiger charge is -2.54. The summed E-state index contributed by atoms with van der Waals surface area (Å²) in [7, 11) is 0. The van der Waals surface area contributed by atoms with E-state index in [1.54, 1.807) is 12.5 Å². The molecule has 0 heterocycles. The fourth-order valence-electron chi connectivity index (χ4n) is 8.96. The van der Waals surface area contributed by atoms with E-state index in [2.05, 4.69) is 32.9 Å². The van der Waals surface area contributed by atoms with Crippen LogP contribution in [-0.2, 0) is 9.53 Å². The van der Waals surface area contributed by atoms with Crippen molar-refractivity contribution < 1.29 is 14.3 Å². The van der Waals surface area contributed by atoms with E-state index in [0.717, 1.165) is 37.7 Å². The molecule has 1 aromatic rings. The van der Waals surface area contributed by atoms with Crippen molar-refractivity contribution in [1.29, 1.82) is 0 Å². The van der Waals surface area contributed by atoms with Crippen LogP contribution in [-0.4, -0.2) is 23.3 Å². The van der Waals surface area contributed by atoms with Crippen LogP contribution in [0.25, 0.3) is 0 Å². The molecule has 1 unspecified atom stereocenters. The van der Waals surface area contributed by atoms with Crippen molar-refractivity contribution >= 4 is 11.6 Å². The maximum Gasteiger partial charge on any atom is 0.159 e. The first kappa shape index (κ1) is 24.3. The highest BCUT2D eigenvalue weighted by molar-refractivity contribution is 5.94. The number of Topliss-reactive ketones (excluding diaryl/α,β-unsaturated/α-hetero) is 1. The number of carbonyl (C=O) groups is 2. The van der Waals surface area contributed by atoms with Gasteiger partial charge in [0, 0.05) is 23.3 Å². The molecule has 0 aromatic heterocycles. The van der Waals surface area contributed by atoms with E-state index in [1.807, 2.05) is 18.2 Å². The summed E-state index contributed by atoms with van der Waals surface area (Å²) in [5.74, 6) is 2.72. The van der Waals surface area contributed by atoms with Gasteiger partial charge in [0.1, 0.15) is 0 Å². The summed E-state index contributed by atoms with van der Waals surface area (Å²) in [5.41, 5.74) is 6.78. The first-order valence-electron chi connectivity index (χ1n) is 14.5. The van der Waals surface area contributed by atoms with Crippen LogP contribution in [0.1, 0.15) is 114 Å².